The summed E-state index contributed by atoms with van der Waals surface area (Å²) in [5.41, 5.74) is 1.59. The van der Waals surface area contributed by atoms with Gasteiger partial charge in [0, 0.05) is 0 Å². The molecule has 0 unspecified atom stereocenters. The van der Waals surface area contributed by atoms with Crippen molar-refractivity contribution in [3.05, 3.63) is 47.9 Å². The number of hydrogen-bond acceptors (Lipinski definition) is 4. The molecule has 1 aromatic carbocycles. The standard InChI is InChI=1S/C15H16FN5O/c1-11(12-7-5-4-6-8-12)20-22-15-17-9-13(16)14(19-15)18-10-21(2)3/h4-10H,1-3H3/p+1/b20-11+. The molecular formula is C15H17FN5O+. The number of nitrogens with one attached hydrogen (secondary N) is 1. The molecule has 0 aliphatic heterocycles. The summed E-state index contributed by atoms with van der Waals surface area (Å²) in [6, 6.07) is 9.51. The van der Waals surface area contributed by atoms with Crippen molar-refractivity contribution in [3.8, 4) is 6.01 Å². The van der Waals surface area contributed by atoms with Gasteiger partial charge in [-0.3, -0.25) is 4.58 Å². The van der Waals surface area contributed by atoms with Gasteiger partial charge in [-0.05, 0) is 12.5 Å². The Hall–Kier alpha value is -2.83. The van der Waals surface area contributed by atoms with E-state index in [1.54, 1.807) is 31.9 Å². The number of benzene rings is 1. The van der Waals surface area contributed by atoms with Crippen molar-refractivity contribution in [2.45, 2.75) is 6.92 Å². The van der Waals surface area contributed by atoms with Gasteiger partial charge in [0.25, 0.3) is 5.82 Å². The zero-order chi connectivity index (χ0) is 15.9. The second kappa shape index (κ2) is 7.26. The highest BCUT2D eigenvalue weighted by atomic mass is 19.1. The van der Waals surface area contributed by atoms with Crippen molar-refractivity contribution < 1.29 is 13.8 Å². The second-order valence-electron chi connectivity index (χ2n) is 4.72. The lowest BCUT2D eigenvalue weighted by atomic mass is 10.1. The lowest BCUT2D eigenvalue weighted by Crippen LogP contribution is -2.10. The van der Waals surface area contributed by atoms with Gasteiger partial charge in [0.2, 0.25) is 12.2 Å². The average molecular weight is 302 g/mol. The maximum atomic E-state index is 13.6. The summed E-state index contributed by atoms with van der Waals surface area (Å²) in [6.07, 6.45) is 2.59. The first-order valence-electron chi connectivity index (χ1n) is 6.62. The van der Waals surface area contributed by atoms with Gasteiger partial charge in [-0.25, -0.2) is 5.32 Å². The van der Waals surface area contributed by atoms with Crippen LogP contribution in [0.2, 0.25) is 0 Å². The minimum atomic E-state index is -0.575. The van der Waals surface area contributed by atoms with Gasteiger partial charge in [-0.15, -0.1) is 0 Å². The summed E-state index contributed by atoms with van der Waals surface area (Å²) in [6.45, 7) is 1.80. The topological polar surface area (TPSA) is 62.4 Å². The molecule has 2 aromatic rings. The molecule has 0 fully saturated rings. The van der Waals surface area contributed by atoms with Gasteiger partial charge < -0.3 is 4.84 Å². The van der Waals surface area contributed by atoms with Gasteiger partial charge in [-0.1, -0.05) is 35.5 Å². The van der Waals surface area contributed by atoms with E-state index in [0.29, 0.717) is 5.71 Å². The van der Waals surface area contributed by atoms with E-state index in [9.17, 15) is 4.39 Å². The summed E-state index contributed by atoms with van der Waals surface area (Å²) in [5.74, 6) is -0.555. The third-order valence-electron chi connectivity index (χ3n) is 2.64. The summed E-state index contributed by atoms with van der Waals surface area (Å²) in [5, 5.41) is 6.67. The maximum absolute atomic E-state index is 13.6. The number of hydrogen-bond donors (Lipinski definition) is 1. The highest BCUT2D eigenvalue weighted by Crippen LogP contribution is 2.13. The molecular weight excluding hydrogens is 285 g/mol. The Morgan fingerprint density at radius 3 is 2.73 bits per heavy atom. The molecule has 1 N–H and O–H groups in total. The normalized spacial score (nSPS) is 11.0. The Morgan fingerprint density at radius 2 is 2.05 bits per heavy atom. The molecule has 6 nitrogen and oxygen atoms in total. The lowest BCUT2D eigenvalue weighted by molar-refractivity contribution is -0.459. The quantitative estimate of drug-likeness (QED) is 0.398. The molecule has 114 valence electrons. The van der Waals surface area contributed by atoms with E-state index in [-0.39, 0.29) is 11.8 Å². The van der Waals surface area contributed by atoms with Crippen molar-refractivity contribution in [2.75, 3.05) is 19.4 Å². The molecule has 0 atom stereocenters. The molecule has 1 heterocycles. The van der Waals surface area contributed by atoms with Crippen LogP contribution in [0.1, 0.15) is 12.5 Å². The van der Waals surface area contributed by atoms with E-state index in [1.165, 1.54) is 0 Å². The molecule has 7 heteroatoms. The first-order valence-corrected chi connectivity index (χ1v) is 6.62. The fourth-order valence-corrected chi connectivity index (χ4v) is 1.53. The van der Waals surface area contributed by atoms with E-state index in [0.717, 1.165) is 11.8 Å². The second-order valence-corrected chi connectivity index (χ2v) is 4.72. The number of aromatic nitrogens is 2. The van der Waals surface area contributed by atoms with Crippen molar-refractivity contribution in [1.29, 1.82) is 0 Å². The van der Waals surface area contributed by atoms with Crippen LogP contribution >= 0.6 is 0 Å². The smallest absolute Gasteiger partial charge is 0.314 e. The molecule has 22 heavy (non-hydrogen) atoms. The Bertz CT molecular complexity index is 696. The largest absolute Gasteiger partial charge is 0.349 e. The van der Waals surface area contributed by atoms with Crippen LogP contribution in [-0.2, 0) is 0 Å². The zero-order valence-corrected chi connectivity index (χ0v) is 12.6. The van der Waals surface area contributed by atoms with Crippen LogP contribution in [0.4, 0.5) is 10.2 Å². The Labute approximate surface area is 128 Å². The van der Waals surface area contributed by atoms with Crippen LogP contribution < -0.4 is 10.2 Å². The molecule has 0 amide bonds. The van der Waals surface area contributed by atoms with Crippen LogP contribution in [0.15, 0.2) is 41.7 Å². The van der Waals surface area contributed by atoms with E-state index >= 15 is 0 Å². The number of oxime groups is 1. The predicted molar refractivity (Wildman–Crippen MR) is 83.1 cm³/mol. The van der Waals surface area contributed by atoms with Crippen molar-refractivity contribution in [1.82, 2.24) is 9.97 Å². The number of nitrogens with zero attached hydrogens (tertiary/aromatic N) is 4. The van der Waals surface area contributed by atoms with Crippen molar-refractivity contribution >= 4 is 17.9 Å². The maximum Gasteiger partial charge on any atom is 0.349 e. The van der Waals surface area contributed by atoms with Gasteiger partial charge in [-0.2, -0.15) is 14.4 Å². The van der Waals surface area contributed by atoms with E-state index in [1.807, 2.05) is 30.3 Å². The van der Waals surface area contributed by atoms with Crippen LogP contribution in [0, 0.1) is 5.82 Å². The fourth-order valence-electron chi connectivity index (χ4n) is 1.53. The minimum absolute atomic E-state index is 0.0197. The van der Waals surface area contributed by atoms with Crippen molar-refractivity contribution in [3.63, 3.8) is 0 Å². The summed E-state index contributed by atoms with van der Waals surface area (Å²) in [7, 11) is 3.61. The highest BCUT2D eigenvalue weighted by Gasteiger charge is 2.11. The number of rotatable bonds is 5. The third kappa shape index (κ3) is 4.34. The molecule has 2 rings (SSSR count). The molecule has 1 aromatic heterocycles. The SMILES string of the molecule is C/C(=N\Oc1ncc(F)c(NC=[N+](C)C)n1)c1ccccc1. The molecule has 0 radical (unpaired) electrons. The van der Waals surface area contributed by atoms with Crippen LogP contribution in [0.25, 0.3) is 0 Å². The van der Waals surface area contributed by atoms with Crippen LogP contribution in [-0.4, -0.2) is 40.7 Å². The molecule has 0 bridgehead atoms. The van der Waals surface area contributed by atoms with Gasteiger partial charge in [0.05, 0.1) is 26.0 Å². The average Bonchev–Trinajstić information content (AvgIpc) is 2.53. The van der Waals surface area contributed by atoms with Gasteiger partial charge in [0.1, 0.15) is 0 Å². The van der Waals surface area contributed by atoms with Crippen LogP contribution in [0.5, 0.6) is 6.01 Å². The monoisotopic (exact) mass is 302 g/mol. The molecule has 0 saturated carbocycles. The minimum Gasteiger partial charge on any atom is -0.314 e. The molecule has 0 saturated heterocycles. The number of anilines is 1. The van der Waals surface area contributed by atoms with Gasteiger partial charge in [0.15, 0.2) is 0 Å². The summed E-state index contributed by atoms with van der Waals surface area (Å²) in [4.78, 5) is 12.8. The first kappa shape index (κ1) is 15.6. The predicted octanol–water partition coefficient (Wildman–Crippen LogP) is 2.13. The number of halogens is 1. The summed E-state index contributed by atoms with van der Waals surface area (Å²) < 4.78 is 15.3. The zero-order valence-electron chi connectivity index (χ0n) is 12.6. The first-order chi connectivity index (χ1) is 10.6. The molecule has 0 aliphatic rings. The van der Waals surface area contributed by atoms with Gasteiger partial charge >= 0.3 is 6.01 Å². The molecule has 0 aliphatic carbocycles. The van der Waals surface area contributed by atoms with Crippen molar-refractivity contribution in [2.24, 2.45) is 5.16 Å². The lowest BCUT2D eigenvalue weighted by Gasteiger charge is -2.02. The van der Waals surface area contributed by atoms with Crippen LogP contribution in [0.3, 0.4) is 0 Å². The van der Waals surface area contributed by atoms with E-state index in [4.69, 9.17) is 4.84 Å². The molecule has 0 spiro atoms. The third-order valence-corrected chi connectivity index (χ3v) is 2.64. The Kier molecular flexibility index (Phi) is 5.13. The summed E-state index contributed by atoms with van der Waals surface area (Å²) >= 11 is 0. The Morgan fingerprint density at radius 1 is 1.32 bits per heavy atom. The highest BCUT2D eigenvalue weighted by molar-refractivity contribution is 5.98. The van der Waals surface area contributed by atoms with E-state index in [2.05, 4.69) is 20.4 Å². The fraction of sp³-hybridized carbons (Fsp3) is 0.200. The van der Waals surface area contributed by atoms with E-state index < -0.39 is 5.82 Å². The Balaban J connectivity index is 2.13.